The largest absolute Gasteiger partial charge is 0.489 e. The van der Waals surface area contributed by atoms with Gasteiger partial charge < -0.3 is 19.3 Å². The molecule has 3 atom stereocenters. The minimum atomic E-state index is -4.85. The average Bonchev–Trinajstić information content (AvgIpc) is 3.13. The van der Waals surface area contributed by atoms with Crippen LogP contribution in [0.2, 0.25) is 0 Å². The van der Waals surface area contributed by atoms with Crippen molar-refractivity contribution >= 4 is 40.7 Å². The van der Waals surface area contributed by atoms with Crippen molar-refractivity contribution in [1.29, 1.82) is 5.26 Å². The number of hydrogen-bond donors (Lipinski definition) is 0. The number of carbonyl (C=O) groups excluding carboxylic acids is 2. The zero-order valence-electron chi connectivity index (χ0n) is 28.8. The fraction of sp³-hybridized carbons (Fsp3) is 0.559. The smallest absolute Gasteiger partial charge is 0.419 e. The molecular weight excluding hydrogens is 645 g/mol. The maximum absolute atomic E-state index is 13.7. The molecule has 10 nitrogen and oxygen atoms in total. The Labute approximate surface area is 285 Å². The van der Waals surface area contributed by atoms with E-state index in [2.05, 4.69) is 9.88 Å². The van der Waals surface area contributed by atoms with Gasteiger partial charge in [0.2, 0.25) is 0 Å². The summed E-state index contributed by atoms with van der Waals surface area (Å²) in [6.45, 7) is 18.8. The second-order valence-electron chi connectivity index (χ2n) is 13.9. The molecule has 2 aliphatic heterocycles. The molecule has 48 heavy (non-hydrogen) atoms. The van der Waals surface area contributed by atoms with Gasteiger partial charge in [0, 0.05) is 37.4 Å². The summed E-state index contributed by atoms with van der Waals surface area (Å²) in [5.74, 6) is 0.133. The van der Waals surface area contributed by atoms with Crippen molar-refractivity contribution in [2.24, 2.45) is 0 Å². The first-order chi connectivity index (χ1) is 22.2. The molecule has 0 spiro atoms. The van der Waals surface area contributed by atoms with E-state index in [-0.39, 0.29) is 35.1 Å². The van der Waals surface area contributed by atoms with Crippen LogP contribution in [0, 0.1) is 11.3 Å². The van der Waals surface area contributed by atoms with Crippen molar-refractivity contribution in [1.82, 2.24) is 14.8 Å². The number of pyridine rings is 1. The molecule has 14 heteroatoms. The molecule has 3 heterocycles. The number of aromatic nitrogens is 1. The summed E-state index contributed by atoms with van der Waals surface area (Å²) in [5.41, 5.74) is -2.57. The van der Waals surface area contributed by atoms with E-state index in [0.29, 0.717) is 37.5 Å². The lowest BCUT2D eigenvalue weighted by Crippen LogP contribution is -2.60. The Morgan fingerprint density at radius 2 is 1.77 bits per heavy atom. The van der Waals surface area contributed by atoms with Crippen LogP contribution in [-0.4, -0.2) is 80.9 Å². The first kappa shape index (κ1) is 36.9. The predicted molar refractivity (Wildman–Crippen MR) is 180 cm³/mol. The van der Waals surface area contributed by atoms with E-state index in [9.17, 15) is 22.8 Å². The molecule has 2 saturated heterocycles. The van der Waals surface area contributed by atoms with Crippen LogP contribution < -0.4 is 14.5 Å². The fourth-order valence-corrected chi connectivity index (χ4v) is 6.83. The third-order valence-electron chi connectivity index (χ3n) is 8.34. The normalized spacial score (nSPS) is 20.9. The number of nitriles is 1. The first-order valence-electron chi connectivity index (χ1n) is 15.9. The van der Waals surface area contributed by atoms with Crippen LogP contribution in [0.5, 0.6) is 5.75 Å². The summed E-state index contributed by atoms with van der Waals surface area (Å²) in [7, 11) is 0. The molecule has 0 radical (unpaired) electrons. The highest BCUT2D eigenvalue weighted by molar-refractivity contribution is 7.81. The number of benzene rings is 1. The standard InChI is InChI=1S/C34H43F3N6O4S/c1-10-23-13-24(43-30(48)42(29(44)33(43,8)9)25-14-26(34(35,36)37)27(15-38)39-16-25)11-12-28(23)46-22(4)19-40-17-20(2)41(21(3)18-40)31(45)47-32(5,6)7/h11-14,16,20-22H,10,17-19H2,1-9H3/t20-,21+,22-/m1/s1. The summed E-state index contributed by atoms with van der Waals surface area (Å²) < 4.78 is 53.1. The molecule has 2 amide bonds. The van der Waals surface area contributed by atoms with Crippen molar-refractivity contribution in [3.8, 4) is 11.8 Å². The quantitative estimate of drug-likeness (QED) is 0.300. The SMILES string of the molecule is CCc1cc(N2C(=S)N(c3cnc(C#N)c(C(F)(F)F)c3)C(=O)C2(C)C)ccc1O[C@H](C)CN1C[C@@H](C)N(C(=O)OC(C)(C)C)[C@@H](C)C1. The number of alkyl halides is 3. The van der Waals surface area contributed by atoms with Crippen molar-refractivity contribution in [3.05, 3.63) is 47.3 Å². The zero-order valence-corrected chi connectivity index (χ0v) is 29.6. The zero-order chi connectivity index (χ0) is 35.9. The molecule has 1 aromatic carbocycles. The van der Waals surface area contributed by atoms with Crippen molar-refractivity contribution in [2.45, 2.75) is 104 Å². The number of ether oxygens (including phenoxy) is 2. The Bertz CT molecular complexity index is 1610. The highest BCUT2D eigenvalue weighted by atomic mass is 32.1. The molecule has 0 N–H and O–H groups in total. The van der Waals surface area contributed by atoms with E-state index in [0.717, 1.165) is 22.7 Å². The first-order valence-corrected chi connectivity index (χ1v) is 16.3. The average molecular weight is 689 g/mol. The number of anilines is 2. The Balaban J connectivity index is 1.51. The number of hydrogen-bond acceptors (Lipinski definition) is 8. The molecular formula is C34H43F3N6O4S. The molecule has 0 saturated carbocycles. The summed E-state index contributed by atoms with van der Waals surface area (Å²) >= 11 is 5.68. The minimum Gasteiger partial charge on any atom is -0.489 e. The van der Waals surface area contributed by atoms with Gasteiger partial charge in [-0.25, -0.2) is 9.78 Å². The van der Waals surface area contributed by atoms with E-state index >= 15 is 0 Å². The Hall–Kier alpha value is -3.96. The summed E-state index contributed by atoms with van der Waals surface area (Å²) in [6.07, 6.45) is -3.70. The van der Waals surface area contributed by atoms with Gasteiger partial charge in [-0.3, -0.25) is 14.6 Å². The Morgan fingerprint density at radius 1 is 1.15 bits per heavy atom. The fourth-order valence-electron chi connectivity index (χ4n) is 6.31. The third kappa shape index (κ3) is 7.52. The van der Waals surface area contributed by atoms with Gasteiger partial charge in [0.1, 0.15) is 29.1 Å². The van der Waals surface area contributed by atoms with Crippen LogP contribution in [0.15, 0.2) is 30.5 Å². The monoisotopic (exact) mass is 688 g/mol. The third-order valence-corrected chi connectivity index (χ3v) is 8.70. The molecule has 2 aliphatic rings. The van der Waals surface area contributed by atoms with Gasteiger partial charge >= 0.3 is 12.3 Å². The van der Waals surface area contributed by atoms with E-state index in [4.69, 9.17) is 27.0 Å². The predicted octanol–water partition coefficient (Wildman–Crippen LogP) is 6.55. The van der Waals surface area contributed by atoms with E-state index in [1.54, 1.807) is 29.7 Å². The van der Waals surface area contributed by atoms with Crippen molar-refractivity contribution in [2.75, 3.05) is 29.4 Å². The van der Waals surface area contributed by atoms with Gasteiger partial charge in [0.25, 0.3) is 5.91 Å². The second kappa shape index (κ2) is 13.5. The summed E-state index contributed by atoms with van der Waals surface area (Å²) in [6, 6.07) is 7.54. The number of rotatable bonds is 7. The van der Waals surface area contributed by atoms with Gasteiger partial charge in [-0.2, -0.15) is 18.4 Å². The number of piperazine rings is 1. The highest BCUT2D eigenvalue weighted by Gasteiger charge is 2.51. The lowest BCUT2D eigenvalue weighted by molar-refractivity contribution is -0.138. The number of nitrogens with zero attached hydrogens (tertiary/aromatic N) is 6. The maximum atomic E-state index is 13.7. The molecule has 260 valence electrons. The second-order valence-corrected chi connectivity index (χ2v) is 14.3. The molecule has 0 unspecified atom stereocenters. The number of carbonyl (C=O) groups is 2. The Morgan fingerprint density at radius 3 is 2.31 bits per heavy atom. The van der Waals surface area contributed by atoms with Crippen LogP contribution in [0.25, 0.3) is 0 Å². The molecule has 4 rings (SSSR count). The van der Waals surface area contributed by atoms with E-state index < -0.39 is 34.5 Å². The van der Waals surface area contributed by atoms with Gasteiger partial charge in [-0.05, 0) is 104 Å². The maximum Gasteiger partial charge on any atom is 0.419 e. The number of amides is 2. The molecule has 0 aliphatic carbocycles. The lowest BCUT2D eigenvalue weighted by atomic mass is 10.0. The molecule has 2 aromatic rings. The number of aryl methyl sites for hydroxylation is 1. The van der Waals surface area contributed by atoms with Crippen LogP contribution in [-0.2, 0) is 22.1 Å². The summed E-state index contributed by atoms with van der Waals surface area (Å²) in [5, 5.41) is 9.14. The van der Waals surface area contributed by atoms with Gasteiger partial charge in [0.05, 0.1) is 17.4 Å². The Kier molecular flexibility index (Phi) is 10.4. The minimum absolute atomic E-state index is 0.0116. The van der Waals surface area contributed by atoms with Crippen molar-refractivity contribution < 1.29 is 32.2 Å². The van der Waals surface area contributed by atoms with E-state index in [1.807, 2.05) is 60.6 Å². The molecule has 2 fully saturated rings. The van der Waals surface area contributed by atoms with E-state index in [1.165, 1.54) is 6.07 Å². The lowest BCUT2D eigenvalue weighted by Gasteiger charge is -2.45. The molecule has 1 aromatic heterocycles. The van der Waals surface area contributed by atoms with Crippen LogP contribution >= 0.6 is 12.2 Å². The number of halogens is 3. The summed E-state index contributed by atoms with van der Waals surface area (Å²) in [4.78, 5) is 36.8. The van der Waals surface area contributed by atoms with Crippen LogP contribution in [0.1, 0.15) is 79.1 Å². The van der Waals surface area contributed by atoms with Gasteiger partial charge in [-0.15, -0.1) is 0 Å². The number of thiocarbonyl (C=S) groups is 1. The topological polar surface area (TPSA) is 102 Å². The molecule has 0 bridgehead atoms. The van der Waals surface area contributed by atoms with Crippen LogP contribution in [0.3, 0.4) is 0 Å². The highest BCUT2D eigenvalue weighted by Crippen LogP contribution is 2.40. The van der Waals surface area contributed by atoms with Gasteiger partial charge in [-0.1, -0.05) is 6.92 Å². The van der Waals surface area contributed by atoms with Crippen LogP contribution in [0.4, 0.5) is 29.3 Å². The van der Waals surface area contributed by atoms with Crippen molar-refractivity contribution in [3.63, 3.8) is 0 Å². The van der Waals surface area contributed by atoms with Gasteiger partial charge in [0.15, 0.2) is 10.8 Å².